The van der Waals surface area contributed by atoms with E-state index in [9.17, 15) is 35.9 Å². The number of alkyl halides is 6. The van der Waals surface area contributed by atoms with Crippen LogP contribution in [0.3, 0.4) is 0 Å². The quantitative estimate of drug-likeness (QED) is 0.329. The summed E-state index contributed by atoms with van der Waals surface area (Å²) in [7, 11) is 0. The van der Waals surface area contributed by atoms with Gasteiger partial charge in [-0.3, -0.25) is 4.79 Å². The molecular weight excluding hydrogens is 518 g/mol. The second-order valence-corrected chi connectivity index (χ2v) is 8.73. The Bertz CT molecular complexity index is 1390. The number of carbonyl (C=O) groups excluding carboxylic acids is 2. The predicted octanol–water partition coefficient (Wildman–Crippen LogP) is 5.17. The van der Waals surface area contributed by atoms with Crippen LogP contribution in [0.5, 0.6) is 0 Å². The summed E-state index contributed by atoms with van der Waals surface area (Å²) in [6.07, 6.45) is -10.5. The summed E-state index contributed by atoms with van der Waals surface area (Å²) in [6.45, 7) is 5.42. The molecule has 38 heavy (non-hydrogen) atoms. The summed E-state index contributed by atoms with van der Waals surface area (Å²) in [5.41, 5.74) is 7.33. The van der Waals surface area contributed by atoms with E-state index in [1.807, 2.05) is 26.0 Å². The van der Waals surface area contributed by atoms with Crippen LogP contribution < -0.4 is 11.5 Å². The maximum Gasteiger partial charge on any atom is 0.490 e. The highest BCUT2D eigenvalue weighted by molar-refractivity contribution is 5.90. The number of nitrogen functional groups attached to an aromatic ring is 1. The zero-order valence-electron chi connectivity index (χ0n) is 20.2. The highest BCUT2D eigenvalue weighted by Crippen LogP contribution is 2.45. The summed E-state index contributed by atoms with van der Waals surface area (Å²) in [4.78, 5) is 32.0. The van der Waals surface area contributed by atoms with Gasteiger partial charge in [0, 0.05) is 16.7 Å². The number of nitrogens with zero attached hydrogens (tertiary/aromatic N) is 2. The van der Waals surface area contributed by atoms with Crippen molar-refractivity contribution in [3.63, 3.8) is 0 Å². The van der Waals surface area contributed by atoms with E-state index in [-0.39, 0.29) is 28.7 Å². The number of ether oxygens (including phenoxy) is 1. The van der Waals surface area contributed by atoms with Crippen molar-refractivity contribution in [1.82, 2.24) is 9.97 Å². The van der Waals surface area contributed by atoms with Gasteiger partial charge >= 0.3 is 23.9 Å². The lowest BCUT2D eigenvalue weighted by Crippen LogP contribution is -2.57. The van der Waals surface area contributed by atoms with Crippen LogP contribution in [0.25, 0.3) is 22.5 Å². The fourth-order valence-electron chi connectivity index (χ4n) is 3.71. The lowest BCUT2D eigenvalue weighted by atomic mass is 9.88. The van der Waals surface area contributed by atoms with Crippen molar-refractivity contribution in [2.45, 2.75) is 44.6 Å². The summed E-state index contributed by atoms with van der Waals surface area (Å²) in [5, 5.41) is 0. The second kappa shape index (κ2) is 9.95. The van der Waals surface area contributed by atoms with E-state index in [1.165, 1.54) is 6.92 Å². The topological polar surface area (TPSA) is 121 Å². The van der Waals surface area contributed by atoms with E-state index in [1.54, 1.807) is 12.1 Å². The van der Waals surface area contributed by atoms with Crippen LogP contribution in [0.15, 0.2) is 48.7 Å². The highest BCUT2D eigenvalue weighted by Gasteiger charge is 2.66. The van der Waals surface area contributed by atoms with Crippen LogP contribution in [0.1, 0.15) is 36.5 Å². The number of benzene rings is 2. The molecule has 3 aromatic rings. The smallest absolute Gasteiger partial charge is 0.427 e. The number of amides is 1. The molecule has 0 aliphatic heterocycles. The average Bonchev–Trinajstić information content (AvgIpc) is 2.81. The van der Waals surface area contributed by atoms with Gasteiger partial charge in [-0.05, 0) is 36.1 Å². The number of anilines is 1. The van der Waals surface area contributed by atoms with E-state index in [0.29, 0.717) is 17.2 Å². The Morgan fingerprint density at radius 2 is 1.66 bits per heavy atom. The van der Waals surface area contributed by atoms with Gasteiger partial charge in [0.25, 0.3) is 5.91 Å². The standard InChI is InChI=1S/C25H22F6N4O3/c1-12(2)14-5-4-6-15(9-14)19-20(32)34-11-18(35-19)17-10-16(8-7-13(17)3)23(21(33)36,25(29,30)31)38-22(37)24(26,27)28/h4-12H,1-3H3,(H2,32,34)(H2,33,36). The number of aryl methyl sites for hydroxylation is 1. The largest absolute Gasteiger partial charge is 0.490 e. The van der Waals surface area contributed by atoms with Crippen molar-refractivity contribution in [3.05, 3.63) is 65.4 Å². The minimum atomic E-state index is -5.85. The lowest BCUT2D eigenvalue weighted by molar-refractivity contribution is -0.280. The molecule has 7 nitrogen and oxygen atoms in total. The average molecular weight is 540 g/mol. The summed E-state index contributed by atoms with van der Waals surface area (Å²) in [5.74, 6) is -5.43. The van der Waals surface area contributed by atoms with Gasteiger partial charge in [-0.1, -0.05) is 44.2 Å². The number of nitrogens with two attached hydrogens (primary N) is 2. The van der Waals surface area contributed by atoms with E-state index in [0.717, 1.165) is 23.9 Å². The third-order valence-electron chi connectivity index (χ3n) is 5.77. The minimum Gasteiger partial charge on any atom is -0.427 e. The predicted molar refractivity (Wildman–Crippen MR) is 125 cm³/mol. The third kappa shape index (κ3) is 5.27. The van der Waals surface area contributed by atoms with E-state index < -0.39 is 35.4 Å². The van der Waals surface area contributed by atoms with Crippen LogP contribution in [0.4, 0.5) is 32.2 Å². The first kappa shape index (κ1) is 28.4. The number of aromatic nitrogens is 2. The van der Waals surface area contributed by atoms with E-state index in [2.05, 4.69) is 14.7 Å². The Morgan fingerprint density at radius 3 is 2.21 bits per heavy atom. The van der Waals surface area contributed by atoms with Crippen LogP contribution in [0.2, 0.25) is 0 Å². The fraction of sp³-hybridized carbons (Fsp3) is 0.280. The van der Waals surface area contributed by atoms with Crippen LogP contribution >= 0.6 is 0 Å². The second-order valence-electron chi connectivity index (χ2n) is 8.73. The molecule has 0 radical (unpaired) electrons. The molecule has 0 bridgehead atoms. The van der Waals surface area contributed by atoms with Crippen LogP contribution in [-0.4, -0.2) is 34.2 Å². The first-order valence-electron chi connectivity index (χ1n) is 11.0. The molecule has 2 aromatic carbocycles. The molecule has 202 valence electrons. The van der Waals surface area contributed by atoms with Gasteiger partial charge in [0.2, 0.25) is 0 Å². The van der Waals surface area contributed by atoms with E-state index in [4.69, 9.17) is 11.5 Å². The number of primary amides is 1. The Kier molecular flexibility index (Phi) is 7.44. The van der Waals surface area contributed by atoms with Gasteiger partial charge in [-0.25, -0.2) is 14.8 Å². The van der Waals surface area contributed by atoms with Gasteiger partial charge in [0.1, 0.15) is 11.5 Å². The van der Waals surface area contributed by atoms with Gasteiger partial charge < -0.3 is 16.2 Å². The molecule has 0 aliphatic carbocycles. The Morgan fingerprint density at radius 1 is 1.00 bits per heavy atom. The normalized spacial score (nSPS) is 13.7. The monoisotopic (exact) mass is 540 g/mol. The molecule has 0 fully saturated rings. The number of carbonyl (C=O) groups is 2. The van der Waals surface area contributed by atoms with Crippen molar-refractivity contribution in [2.24, 2.45) is 5.73 Å². The van der Waals surface area contributed by atoms with Crippen molar-refractivity contribution in [1.29, 1.82) is 0 Å². The fourth-order valence-corrected chi connectivity index (χ4v) is 3.71. The summed E-state index contributed by atoms with van der Waals surface area (Å²) >= 11 is 0. The molecule has 3 rings (SSSR count). The minimum absolute atomic E-state index is 0.00815. The van der Waals surface area contributed by atoms with Crippen LogP contribution in [0, 0.1) is 6.92 Å². The van der Waals surface area contributed by atoms with Gasteiger partial charge in [0.05, 0.1) is 11.9 Å². The molecular formula is C25H22F6N4O3. The molecule has 13 heteroatoms. The number of hydrogen-bond donors (Lipinski definition) is 2. The molecule has 4 N–H and O–H groups in total. The Balaban J connectivity index is 2.23. The summed E-state index contributed by atoms with van der Waals surface area (Å²) < 4.78 is 84.8. The molecule has 0 aliphatic rings. The maximum absolute atomic E-state index is 14.1. The Labute approximate surface area is 212 Å². The molecule has 1 atom stereocenters. The first-order chi connectivity index (χ1) is 17.5. The van der Waals surface area contributed by atoms with Gasteiger partial charge in [-0.2, -0.15) is 26.3 Å². The van der Waals surface area contributed by atoms with Gasteiger partial charge in [0.15, 0.2) is 0 Å². The molecule has 0 saturated carbocycles. The van der Waals surface area contributed by atoms with Crippen LogP contribution in [-0.2, 0) is 19.9 Å². The Hall–Kier alpha value is -4.16. The molecule has 0 spiro atoms. The number of halogens is 6. The zero-order valence-corrected chi connectivity index (χ0v) is 20.2. The highest BCUT2D eigenvalue weighted by atomic mass is 19.4. The van der Waals surface area contributed by atoms with Crippen molar-refractivity contribution in [3.8, 4) is 22.5 Å². The first-order valence-corrected chi connectivity index (χ1v) is 11.0. The molecule has 1 amide bonds. The molecule has 1 unspecified atom stereocenters. The molecule has 0 saturated heterocycles. The number of esters is 1. The zero-order chi connectivity index (χ0) is 28.6. The van der Waals surface area contributed by atoms with Gasteiger partial charge in [-0.15, -0.1) is 0 Å². The molecule has 1 aromatic heterocycles. The van der Waals surface area contributed by atoms with Crippen molar-refractivity contribution < 1.29 is 40.7 Å². The lowest BCUT2D eigenvalue weighted by Gasteiger charge is -2.33. The number of rotatable bonds is 6. The summed E-state index contributed by atoms with van der Waals surface area (Å²) in [6, 6.07) is 9.69. The SMILES string of the molecule is Cc1ccc(C(OC(=O)C(F)(F)F)(C(N)=O)C(F)(F)F)cc1-c1cnc(N)c(-c2cccc(C(C)C)c2)n1. The third-order valence-corrected chi connectivity index (χ3v) is 5.77. The maximum atomic E-state index is 14.1. The molecule has 1 heterocycles. The van der Waals surface area contributed by atoms with E-state index >= 15 is 0 Å². The van der Waals surface area contributed by atoms with Crippen molar-refractivity contribution in [2.75, 3.05) is 5.73 Å². The van der Waals surface area contributed by atoms with Crippen molar-refractivity contribution >= 4 is 17.7 Å². The number of hydrogen-bond acceptors (Lipinski definition) is 6.